The lowest BCUT2D eigenvalue weighted by Gasteiger charge is -1.97. The zero-order valence-corrected chi connectivity index (χ0v) is 14.9. The molecule has 0 fully saturated rings. The van der Waals surface area contributed by atoms with Crippen LogP contribution in [0.15, 0.2) is 63.5 Å². The Morgan fingerprint density at radius 3 is 2.73 bits per heavy atom. The maximum absolute atomic E-state index is 13.3. The van der Waals surface area contributed by atoms with Crippen molar-refractivity contribution in [3.05, 3.63) is 76.5 Å². The summed E-state index contributed by atoms with van der Waals surface area (Å²) in [6, 6.07) is 17.7. The minimum atomic E-state index is -0.361. The highest BCUT2D eigenvalue weighted by Crippen LogP contribution is 2.26. The van der Waals surface area contributed by atoms with Crippen molar-refractivity contribution in [2.75, 3.05) is 0 Å². The molecule has 0 aliphatic carbocycles. The van der Waals surface area contributed by atoms with Crippen molar-refractivity contribution in [1.29, 1.82) is 5.26 Å². The van der Waals surface area contributed by atoms with Crippen molar-refractivity contribution in [2.45, 2.75) is 0 Å². The van der Waals surface area contributed by atoms with E-state index in [2.05, 4.69) is 32.0 Å². The molecule has 4 aromatic rings. The summed E-state index contributed by atoms with van der Waals surface area (Å²) < 4.78 is 20.1. The first-order valence-corrected chi connectivity index (χ1v) is 8.55. The van der Waals surface area contributed by atoms with Crippen LogP contribution in [0.1, 0.15) is 11.6 Å². The maximum atomic E-state index is 13.3. The minimum absolute atomic E-state index is 0.304. The molecule has 2 aromatic heterocycles. The average Bonchev–Trinajstić information content (AvgIpc) is 3.26. The first-order chi connectivity index (χ1) is 12.6. The van der Waals surface area contributed by atoms with Crippen LogP contribution in [0, 0.1) is 17.1 Å². The third-order valence-electron chi connectivity index (χ3n) is 3.86. The van der Waals surface area contributed by atoms with Gasteiger partial charge in [0.05, 0.1) is 16.6 Å². The second kappa shape index (κ2) is 6.62. The molecule has 0 saturated heterocycles. The van der Waals surface area contributed by atoms with Gasteiger partial charge in [0.15, 0.2) is 0 Å². The number of nitrogens with one attached hydrogen (secondary N) is 1. The van der Waals surface area contributed by atoms with Gasteiger partial charge in [-0.1, -0.05) is 28.1 Å². The number of furan rings is 1. The highest BCUT2D eigenvalue weighted by molar-refractivity contribution is 9.10. The number of benzene rings is 2. The van der Waals surface area contributed by atoms with Gasteiger partial charge in [-0.3, -0.25) is 0 Å². The zero-order valence-electron chi connectivity index (χ0n) is 13.3. The van der Waals surface area contributed by atoms with Crippen molar-refractivity contribution < 1.29 is 8.81 Å². The Labute approximate surface area is 156 Å². The monoisotopic (exact) mass is 407 g/mol. The number of nitriles is 1. The Morgan fingerprint density at radius 2 is 1.96 bits per heavy atom. The predicted octanol–water partition coefficient (Wildman–Crippen LogP) is 5.79. The first kappa shape index (κ1) is 16.3. The lowest BCUT2D eigenvalue weighted by Crippen LogP contribution is -1.84. The molecule has 26 heavy (non-hydrogen) atoms. The summed E-state index contributed by atoms with van der Waals surface area (Å²) in [6.45, 7) is 0. The van der Waals surface area contributed by atoms with Crippen LogP contribution in [-0.2, 0) is 0 Å². The van der Waals surface area contributed by atoms with Crippen LogP contribution < -0.4 is 0 Å². The summed E-state index contributed by atoms with van der Waals surface area (Å²) in [5.41, 5.74) is 2.37. The van der Waals surface area contributed by atoms with Crippen LogP contribution in [0.4, 0.5) is 4.39 Å². The second-order valence-corrected chi connectivity index (χ2v) is 6.54. The number of fused-ring (bicyclic) bond motifs is 1. The fourth-order valence-electron chi connectivity index (χ4n) is 2.60. The number of nitrogens with zero attached hydrogens (tertiary/aromatic N) is 2. The van der Waals surface area contributed by atoms with Gasteiger partial charge in [0.2, 0.25) is 0 Å². The van der Waals surface area contributed by atoms with Crippen molar-refractivity contribution in [3.63, 3.8) is 0 Å². The van der Waals surface area contributed by atoms with Crippen LogP contribution in [0.25, 0.3) is 34.0 Å². The fraction of sp³-hybridized carbons (Fsp3) is 0. The second-order valence-electron chi connectivity index (χ2n) is 5.63. The molecule has 2 aromatic carbocycles. The van der Waals surface area contributed by atoms with Crippen molar-refractivity contribution in [2.24, 2.45) is 0 Å². The molecule has 0 atom stereocenters. The standard InChI is InChI=1S/C20H11BrFN3O/c21-14-3-1-12(2-4-14)19-8-6-16(26-19)9-13(11-23)20-24-17-7-5-15(22)10-18(17)25-20/h1-10H,(H,24,25)/b13-9+. The van der Waals surface area contributed by atoms with E-state index in [-0.39, 0.29) is 5.82 Å². The largest absolute Gasteiger partial charge is 0.457 e. The molecule has 0 unspecified atom stereocenters. The Hall–Kier alpha value is -3.17. The molecule has 4 nitrogen and oxygen atoms in total. The van der Waals surface area contributed by atoms with Crippen LogP contribution in [0.3, 0.4) is 0 Å². The summed E-state index contributed by atoms with van der Waals surface area (Å²) >= 11 is 3.40. The van der Waals surface area contributed by atoms with E-state index in [4.69, 9.17) is 4.42 Å². The molecule has 0 saturated carbocycles. The number of aromatic nitrogens is 2. The molecular formula is C20H11BrFN3O. The number of hydrogen-bond acceptors (Lipinski definition) is 3. The van der Waals surface area contributed by atoms with Gasteiger partial charge < -0.3 is 9.40 Å². The maximum Gasteiger partial charge on any atom is 0.149 e. The summed E-state index contributed by atoms with van der Waals surface area (Å²) in [5.74, 6) is 1.24. The Bertz CT molecular complexity index is 1170. The minimum Gasteiger partial charge on any atom is -0.457 e. The molecule has 2 heterocycles. The Kier molecular flexibility index (Phi) is 4.15. The van der Waals surface area contributed by atoms with Crippen LogP contribution >= 0.6 is 15.9 Å². The van der Waals surface area contributed by atoms with Gasteiger partial charge in [0.25, 0.3) is 0 Å². The number of allylic oxidation sites excluding steroid dienone is 1. The van der Waals surface area contributed by atoms with Crippen LogP contribution in [0.5, 0.6) is 0 Å². The Balaban J connectivity index is 1.69. The normalized spacial score (nSPS) is 11.7. The topological polar surface area (TPSA) is 65.6 Å². The molecule has 6 heteroatoms. The number of imidazole rings is 1. The highest BCUT2D eigenvalue weighted by atomic mass is 79.9. The molecule has 0 radical (unpaired) electrons. The molecule has 1 N–H and O–H groups in total. The van der Waals surface area contributed by atoms with Gasteiger partial charge >= 0.3 is 0 Å². The van der Waals surface area contributed by atoms with Crippen LogP contribution in [-0.4, -0.2) is 9.97 Å². The number of aromatic amines is 1. The lowest BCUT2D eigenvalue weighted by atomic mass is 10.2. The van der Waals surface area contributed by atoms with E-state index in [9.17, 15) is 9.65 Å². The van der Waals surface area contributed by atoms with Gasteiger partial charge in [-0.15, -0.1) is 0 Å². The first-order valence-electron chi connectivity index (χ1n) is 7.75. The van der Waals surface area contributed by atoms with E-state index < -0.39 is 0 Å². The number of H-pyrrole nitrogens is 1. The summed E-state index contributed by atoms with van der Waals surface area (Å²) in [7, 11) is 0. The molecule has 0 spiro atoms. The summed E-state index contributed by atoms with van der Waals surface area (Å²) in [6.07, 6.45) is 1.61. The van der Waals surface area contributed by atoms with E-state index in [1.807, 2.05) is 30.3 Å². The van der Waals surface area contributed by atoms with E-state index in [1.165, 1.54) is 12.1 Å². The fourth-order valence-corrected chi connectivity index (χ4v) is 2.87. The smallest absolute Gasteiger partial charge is 0.149 e. The molecule has 0 aliphatic heterocycles. The molecule has 0 bridgehead atoms. The average molecular weight is 408 g/mol. The molecular weight excluding hydrogens is 397 g/mol. The van der Waals surface area contributed by atoms with Crippen molar-refractivity contribution in [3.8, 4) is 17.4 Å². The number of rotatable bonds is 3. The van der Waals surface area contributed by atoms with E-state index in [0.717, 1.165) is 10.0 Å². The van der Waals surface area contributed by atoms with Gasteiger partial charge in [0.1, 0.15) is 29.2 Å². The van der Waals surface area contributed by atoms with E-state index in [0.29, 0.717) is 34.0 Å². The highest BCUT2D eigenvalue weighted by Gasteiger charge is 2.10. The molecule has 0 amide bonds. The van der Waals surface area contributed by atoms with Gasteiger partial charge in [-0.2, -0.15) is 5.26 Å². The molecule has 126 valence electrons. The van der Waals surface area contributed by atoms with Crippen molar-refractivity contribution >= 4 is 38.6 Å². The SMILES string of the molecule is N#C/C(=C\c1ccc(-c2ccc(Br)cc2)o1)c1nc2ccc(F)cc2[nH]1. The third kappa shape index (κ3) is 3.17. The summed E-state index contributed by atoms with van der Waals surface area (Å²) in [5, 5.41) is 9.48. The molecule has 4 rings (SSSR count). The molecule has 0 aliphatic rings. The quantitative estimate of drug-likeness (QED) is 0.437. The van der Waals surface area contributed by atoms with Gasteiger partial charge in [0, 0.05) is 16.1 Å². The predicted molar refractivity (Wildman–Crippen MR) is 101 cm³/mol. The lowest BCUT2D eigenvalue weighted by molar-refractivity contribution is 0.572. The zero-order chi connectivity index (χ0) is 18.1. The van der Waals surface area contributed by atoms with Gasteiger partial charge in [-0.25, -0.2) is 9.37 Å². The third-order valence-corrected chi connectivity index (χ3v) is 4.39. The van der Waals surface area contributed by atoms with Gasteiger partial charge in [-0.05, 0) is 42.5 Å². The van der Waals surface area contributed by atoms with Crippen LogP contribution in [0.2, 0.25) is 0 Å². The number of hydrogen-bond donors (Lipinski definition) is 1. The Morgan fingerprint density at radius 1 is 1.15 bits per heavy atom. The van der Waals surface area contributed by atoms with Crippen molar-refractivity contribution in [1.82, 2.24) is 9.97 Å². The number of halogens is 2. The summed E-state index contributed by atoms with van der Waals surface area (Å²) in [4.78, 5) is 7.30. The van der Waals surface area contributed by atoms with E-state index >= 15 is 0 Å². The van der Waals surface area contributed by atoms with E-state index in [1.54, 1.807) is 18.2 Å².